The first-order chi connectivity index (χ1) is 18.3. The third-order valence-electron chi connectivity index (χ3n) is 6.01. The summed E-state index contributed by atoms with van der Waals surface area (Å²) in [4.78, 5) is 49.6. The van der Waals surface area contributed by atoms with E-state index in [0.29, 0.717) is 23.4 Å². The number of non-ortho nitro benzene ring substituents is 1. The zero-order valence-electron chi connectivity index (χ0n) is 20.7. The molecular weight excluding hydrogens is 486 g/mol. The number of rotatable bonds is 9. The molecule has 0 saturated carbocycles. The van der Waals surface area contributed by atoms with Gasteiger partial charge in [-0.05, 0) is 77.6 Å². The molecule has 1 N–H and O–H groups in total. The number of nitrogens with one attached hydrogen (secondary N) is 1. The maximum Gasteiger partial charge on any atom is 0.335 e. The van der Waals surface area contributed by atoms with Crippen molar-refractivity contribution < 1.29 is 24.0 Å². The predicted octanol–water partition coefficient (Wildman–Crippen LogP) is 5.13. The van der Waals surface area contributed by atoms with Crippen LogP contribution >= 0.6 is 0 Å². The quantitative estimate of drug-likeness (QED) is 0.140. The number of carbonyl (C=O) groups excluding carboxylic acids is 3. The average molecular weight is 512 g/mol. The van der Waals surface area contributed by atoms with Gasteiger partial charge < -0.3 is 4.74 Å². The van der Waals surface area contributed by atoms with E-state index in [1.165, 1.54) is 18.2 Å². The van der Waals surface area contributed by atoms with Crippen molar-refractivity contribution in [2.24, 2.45) is 0 Å². The minimum Gasteiger partial charge on any atom is -0.489 e. The Balaban J connectivity index is 1.57. The number of hydrogen-bond acceptors (Lipinski definition) is 6. The Bertz CT molecular complexity index is 1440. The van der Waals surface area contributed by atoms with Crippen molar-refractivity contribution in [1.82, 2.24) is 5.32 Å². The number of benzene rings is 3. The second-order valence-electron chi connectivity index (χ2n) is 8.55. The lowest BCUT2D eigenvalue weighted by Gasteiger charge is -2.26. The van der Waals surface area contributed by atoms with Gasteiger partial charge in [0, 0.05) is 12.1 Å². The number of barbiturate groups is 1. The number of aryl methyl sites for hydroxylation is 1. The van der Waals surface area contributed by atoms with Crippen molar-refractivity contribution in [3.8, 4) is 5.75 Å². The number of ether oxygens (including phenoxy) is 1. The van der Waals surface area contributed by atoms with Gasteiger partial charge in [-0.15, -0.1) is 6.58 Å². The molecule has 4 rings (SSSR count). The van der Waals surface area contributed by atoms with Gasteiger partial charge in [0.05, 0.1) is 10.6 Å². The zero-order chi connectivity index (χ0) is 27.2. The molecular formula is C29H25N3O6. The van der Waals surface area contributed by atoms with Crippen LogP contribution < -0.4 is 15.0 Å². The van der Waals surface area contributed by atoms with E-state index in [2.05, 4.69) is 11.9 Å². The van der Waals surface area contributed by atoms with Crippen LogP contribution in [-0.4, -0.2) is 22.8 Å². The van der Waals surface area contributed by atoms with E-state index in [0.717, 1.165) is 28.0 Å². The lowest BCUT2D eigenvalue weighted by molar-refractivity contribution is -0.384. The first-order valence-corrected chi connectivity index (χ1v) is 11.9. The summed E-state index contributed by atoms with van der Waals surface area (Å²) in [7, 11) is 0. The first-order valence-electron chi connectivity index (χ1n) is 11.9. The minimum absolute atomic E-state index is 0.00183. The van der Waals surface area contributed by atoms with Crippen molar-refractivity contribution in [3.63, 3.8) is 0 Å². The summed E-state index contributed by atoms with van der Waals surface area (Å²) in [6.45, 7) is 5.97. The normalized spacial score (nSPS) is 14.4. The number of nitro groups is 1. The highest BCUT2D eigenvalue weighted by Gasteiger charge is 2.36. The van der Waals surface area contributed by atoms with E-state index in [4.69, 9.17) is 4.74 Å². The number of carbonyl (C=O) groups is 3. The summed E-state index contributed by atoms with van der Waals surface area (Å²) >= 11 is 0. The lowest BCUT2D eigenvalue weighted by atomic mass is 10.0. The number of nitrogens with zero attached hydrogens (tertiary/aromatic N) is 2. The van der Waals surface area contributed by atoms with Gasteiger partial charge in [-0.25, -0.2) is 9.69 Å². The molecule has 0 unspecified atom stereocenters. The van der Waals surface area contributed by atoms with Crippen LogP contribution in [0.2, 0.25) is 0 Å². The highest BCUT2D eigenvalue weighted by Crippen LogP contribution is 2.26. The van der Waals surface area contributed by atoms with Gasteiger partial charge >= 0.3 is 6.03 Å². The highest BCUT2D eigenvalue weighted by atomic mass is 16.6. The maximum atomic E-state index is 13.2. The van der Waals surface area contributed by atoms with E-state index in [1.54, 1.807) is 48.5 Å². The number of imide groups is 2. The first kappa shape index (κ1) is 26.0. The Labute approximate surface area is 219 Å². The molecule has 1 fully saturated rings. The van der Waals surface area contributed by atoms with Crippen LogP contribution in [0.1, 0.15) is 29.2 Å². The number of urea groups is 1. The molecule has 192 valence electrons. The van der Waals surface area contributed by atoms with Crippen molar-refractivity contribution >= 4 is 35.3 Å². The van der Waals surface area contributed by atoms with Crippen LogP contribution in [0.25, 0.3) is 6.08 Å². The summed E-state index contributed by atoms with van der Waals surface area (Å²) in [5, 5.41) is 13.1. The SMILES string of the molecule is C=CCc1cc(/C=C2/C(=O)NC(=O)N(c3ccc(CC)cc3)C2=O)ccc1OCc1ccc([N+](=O)[O-])cc1. The monoisotopic (exact) mass is 511 g/mol. The third kappa shape index (κ3) is 5.67. The number of allylic oxidation sites excluding steroid dienone is 1. The second-order valence-corrected chi connectivity index (χ2v) is 8.55. The molecule has 0 radical (unpaired) electrons. The minimum atomic E-state index is -0.802. The average Bonchev–Trinajstić information content (AvgIpc) is 2.91. The topological polar surface area (TPSA) is 119 Å². The molecule has 0 spiro atoms. The van der Waals surface area contributed by atoms with Gasteiger partial charge in [0.25, 0.3) is 17.5 Å². The molecule has 3 aromatic carbocycles. The van der Waals surface area contributed by atoms with Crippen molar-refractivity contribution in [3.05, 3.63) is 117 Å². The molecule has 0 aromatic heterocycles. The zero-order valence-corrected chi connectivity index (χ0v) is 20.7. The fourth-order valence-electron chi connectivity index (χ4n) is 3.96. The van der Waals surface area contributed by atoms with Gasteiger partial charge in [0.1, 0.15) is 17.9 Å². The largest absolute Gasteiger partial charge is 0.489 e. The standard InChI is InChI=1S/C29H25N3O6/c1-3-5-22-16-21(10-15-26(22)38-18-20-8-13-24(14-9-20)32(36)37)17-25-27(33)30-29(35)31(28(25)34)23-11-6-19(4-2)7-12-23/h3,6-17H,1,4-5,18H2,2H3,(H,30,33,35)/b25-17-. The Kier molecular flexibility index (Phi) is 7.77. The highest BCUT2D eigenvalue weighted by molar-refractivity contribution is 6.39. The van der Waals surface area contributed by atoms with Gasteiger partial charge in [-0.2, -0.15) is 0 Å². The van der Waals surface area contributed by atoms with Gasteiger partial charge in [0.15, 0.2) is 0 Å². The second kappa shape index (κ2) is 11.3. The van der Waals surface area contributed by atoms with Crippen LogP contribution in [0, 0.1) is 10.1 Å². The van der Waals surface area contributed by atoms with Gasteiger partial charge in [0.2, 0.25) is 0 Å². The van der Waals surface area contributed by atoms with Crippen LogP contribution in [0.3, 0.4) is 0 Å². The summed E-state index contributed by atoms with van der Waals surface area (Å²) in [6.07, 6.45) is 4.40. The fraction of sp³-hybridized carbons (Fsp3) is 0.138. The molecule has 38 heavy (non-hydrogen) atoms. The Morgan fingerprint density at radius 1 is 1.00 bits per heavy atom. The number of hydrogen-bond donors (Lipinski definition) is 1. The van der Waals surface area contributed by atoms with E-state index in [9.17, 15) is 24.5 Å². The summed E-state index contributed by atoms with van der Waals surface area (Å²) in [5.74, 6) is -0.922. The number of nitro benzene ring substituents is 1. The van der Waals surface area contributed by atoms with Crippen LogP contribution in [0.15, 0.2) is 85.0 Å². The summed E-state index contributed by atoms with van der Waals surface area (Å²) in [6, 6.07) is 17.5. The van der Waals surface area contributed by atoms with Crippen LogP contribution in [-0.2, 0) is 29.0 Å². The molecule has 4 amide bonds. The molecule has 3 aromatic rings. The van der Waals surface area contributed by atoms with Crippen molar-refractivity contribution in [2.75, 3.05) is 4.90 Å². The molecule has 1 saturated heterocycles. The summed E-state index contributed by atoms with van der Waals surface area (Å²) < 4.78 is 5.93. The number of anilines is 1. The molecule has 9 heteroatoms. The molecule has 0 atom stereocenters. The summed E-state index contributed by atoms with van der Waals surface area (Å²) in [5.41, 5.74) is 3.34. The maximum absolute atomic E-state index is 13.2. The van der Waals surface area contributed by atoms with Gasteiger partial charge in [-0.3, -0.25) is 25.0 Å². The van der Waals surface area contributed by atoms with Crippen LogP contribution in [0.4, 0.5) is 16.2 Å². The predicted molar refractivity (Wildman–Crippen MR) is 143 cm³/mol. The molecule has 1 heterocycles. The Hall–Kier alpha value is -5.05. The van der Waals surface area contributed by atoms with Crippen LogP contribution in [0.5, 0.6) is 5.75 Å². The molecule has 0 bridgehead atoms. The Morgan fingerprint density at radius 2 is 1.68 bits per heavy atom. The molecule has 1 aliphatic heterocycles. The van der Waals surface area contributed by atoms with E-state index < -0.39 is 22.8 Å². The van der Waals surface area contributed by atoms with Gasteiger partial charge in [-0.1, -0.05) is 31.2 Å². The molecule has 0 aliphatic carbocycles. The van der Waals surface area contributed by atoms with Crippen molar-refractivity contribution in [2.45, 2.75) is 26.4 Å². The van der Waals surface area contributed by atoms with Crippen molar-refractivity contribution in [1.29, 1.82) is 0 Å². The third-order valence-corrected chi connectivity index (χ3v) is 6.01. The van der Waals surface area contributed by atoms with E-state index >= 15 is 0 Å². The molecule has 9 nitrogen and oxygen atoms in total. The van der Waals surface area contributed by atoms with E-state index in [1.807, 2.05) is 19.1 Å². The smallest absolute Gasteiger partial charge is 0.335 e. The van der Waals surface area contributed by atoms with E-state index in [-0.39, 0.29) is 17.9 Å². The fourth-order valence-corrected chi connectivity index (χ4v) is 3.96. The number of amides is 4. The molecule has 1 aliphatic rings. The lowest BCUT2D eigenvalue weighted by Crippen LogP contribution is -2.54. The Morgan fingerprint density at radius 3 is 2.32 bits per heavy atom.